The smallest absolute Gasteiger partial charge is 0.0250 e. The predicted octanol–water partition coefficient (Wildman–Crippen LogP) is 2.28. The van der Waals surface area contributed by atoms with Crippen molar-refractivity contribution in [1.29, 1.82) is 0 Å². The first kappa shape index (κ1) is 14.8. The second-order valence-electron chi connectivity index (χ2n) is 7.49. The van der Waals surface area contributed by atoms with Crippen molar-refractivity contribution in [2.24, 2.45) is 5.92 Å². The molecular weight excluding hydrogens is 246 g/mol. The topological polar surface area (TPSA) is 9.72 Å². The third kappa shape index (κ3) is 2.90. The fraction of sp³-hybridized carbons (Fsp3) is 1.00. The van der Waals surface area contributed by atoms with E-state index in [2.05, 4.69) is 35.5 Å². The van der Waals surface area contributed by atoms with Crippen molar-refractivity contribution in [2.75, 3.05) is 39.3 Å². The van der Waals surface area contributed by atoms with E-state index >= 15 is 0 Å². The Bertz CT molecular complexity index is 317. The molecule has 0 aromatic heterocycles. The van der Waals surface area contributed by atoms with Gasteiger partial charge in [-0.1, -0.05) is 20.8 Å². The first-order valence-corrected chi connectivity index (χ1v) is 8.91. The summed E-state index contributed by atoms with van der Waals surface area (Å²) in [6.07, 6.45) is 5.68. The van der Waals surface area contributed by atoms with E-state index in [0.717, 1.165) is 24.0 Å². The minimum Gasteiger partial charge on any atom is -0.302 e. The summed E-state index contributed by atoms with van der Waals surface area (Å²) in [5, 5.41) is 0. The Morgan fingerprint density at radius 3 is 2.45 bits per heavy atom. The summed E-state index contributed by atoms with van der Waals surface area (Å²) in [4.78, 5) is 8.35. The molecule has 0 bridgehead atoms. The molecule has 3 atom stereocenters. The second-order valence-corrected chi connectivity index (χ2v) is 7.49. The fourth-order valence-corrected chi connectivity index (χ4v) is 4.67. The molecule has 0 spiro atoms. The Morgan fingerprint density at radius 1 is 0.950 bits per heavy atom. The highest BCUT2D eigenvalue weighted by molar-refractivity contribution is 4.97. The number of rotatable bonds is 3. The number of fused-ring (bicyclic) bond motifs is 1. The van der Waals surface area contributed by atoms with E-state index in [1.54, 1.807) is 0 Å². The summed E-state index contributed by atoms with van der Waals surface area (Å²) in [6, 6.07) is 2.46. The van der Waals surface area contributed by atoms with Gasteiger partial charge in [-0.25, -0.2) is 0 Å². The predicted molar refractivity (Wildman–Crippen MR) is 85.1 cm³/mol. The van der Waals surface area contributed by atoms with E-state index in [9.17, 15) is 0 Å². The van der Waals surface area contributed by atoms with Crippen LogP contribution >= 0.6 is 0 Å². The molecule has 0 saturated carbocycles. The largest absolute Gasteiger partial charge is 0.302 e. The summed E-state index contributed by atoms with van der Waals surface area (Å²) in [7, 11) is 0. The summed E-state index contributed by atoms with van der Waals surface area (Å²) in [5.74, 6) is 0.786. The highest BCUT2D eigenvalue weighted by atomic mass is 15.3. The summed E-state index contributed by atoms with van der Waals surface area (Å²) in [6.45, 7) is 15.0. The van der Waals surface area contributed by atoms with Gasteiger partial charge in [0.25, 0.3) is 0 Å². The summed E-state index contributed by atoms with van der Waals surface area (Å²) in [5.41, 5.74) is 0. The van der Waals surface area contributed by atoms with Crippen LogP contribution in [0.25, 0.3) is 0 Å². The normalized spacial score (nSPS) is 37.5. The molecule has 3 aliphatic rings. The van der Waals surface area contributed by atoms with E-state index in [0.29, 0.717) is 0 Å². The molecule has 0 aromatic carbocycles. The monoisotopic (exact) mass is 279 g/mol. The van der Waals surface area contributed by atoms with Crippen LogP contribution in [0.4, 0.5) is 0 Å². The molecule has 20 heavy (non-hydrogen) atoms. The van der Waals surface area contributed by atoms with E-state index in [1.165, 1.54) is 65.0 Å². The van der Waals surface area contributed by atoms with Gasteiger partial charge in [-0.3, -0.25) is 9.80 Å². The lowest BCUT2D eigenvalue weighted by molar-refractivity contribution is -0.0213. The summed E-state index contributed by atoms with van der Waals surface area (Å²) < 4.78 is 0. The van der Waals surface area contributed by atoms with Crippen molar-refractivity contribution in [1.82, 2.24) is 14.7 Å². The molecular formula is C17H33N3. The lowest BCUT2D eigenvalue weighted by Gasteiger charge is -2.51. The Labute approximate surface area is 125 Å². The van der Waals surface area contributed by atoms with Crippen LogP contribution < -0.4 is 0 Å². The molecule has 0 aromatic rings. The molecule has 116 valence electrons. The van der Waals surface area contributed by atoms with E-state index in [1.807, 2.05) is 0 Å². The second kappa shape index (κ2) is 6.33. The van der Waals surface area contributed by atoms with Gasteiger partial charge in [-0.05, 0) is 51.2 Å². The molecule has 0 N–H and O–H groups in total. The molecule has 0 radical (unpaired) electrons. The van der Waals surface area contributed by atoms with Gasteiger partial charge in [0.1, 0.15) is 0 Å². The zero-order valence-electron chi connectivity index (χ0n) is 13.7. The van der Waals surface area contributed by atoms with E-state index in [4.69, 9.17) is 0 Å². The molecule has 3 rings (SSSR count). The molecule has 3 saturated heterocycles. The van der Waals surface area contributed by atoms with Crippen molar-refractivity contribution in [3.05, 3.63) is 0 Å². The standard InChI is InChI=1S/C17H33N3/c1-4-18-9-5-8-16(11-18)20-12-15-7-6-10-19(15)13-17(20)14(2)3/h14-17H,4-13H2,1-3H3. The zero-order valence-corrected chi connectivity index (χ0v) is 13.7. The molecule has 3 heteroatoms. The third-order valence-electron chi connectivity index (χ3n) is 5.93. The Balaban J connectivity index is 1.71. The van der Waals surface area contributed by atoms with Crippen LogP contribution in [0, 0.1) is 5.92 Å². The van der Waals surface area contributed by atoms with Gasteiger partial charge < -0.3 is 4.90 Å². The number of likely N-dealkylation sites (N-methyl/N-ethyl adjacent to an activating group) is 1. The first-order valence-electron chi connectivity index (χ1n) is 8.91. The maximum atomic E-state index is 2.92. The van der Waals surface area contributed by atoms with Crippen LogP contribution in [0.5, 0.6) is 0 Å². The molecule has 0 amide bonds. The average Bonchev–Trinajstić information content (AvgIpc) is 2.93. The molecule has 3 unspecified atom stereocenters. The van der Waals surface area contributed by atoms with Gasteiger partial charge >= 0.3 is 0 Å². The van der Waals surface area contributed by atoms with Gasteiger partial charge in [0, 0.05) is 37.8 Å². The third-order valence-corrected chi connectivity index (χ3v) is 5.93. The SMILES string of the molecule is CCN1CCCC(N2CC3CCCN3CC2C(C)C)C1. The highest BCUT2D eigenvalue weighted by Crippen LogP contribution is 2.31. The number of piperazine rings is 1. The van der Waals surface area contributed by atoms with Crippen molar-refractivity contribution in [3.63, 3.8) is 0 Å². The minimum absolute atomic E-state index is 0.783. The van der Waals surface area contributed by atoms with Crippen molar-refractivity contribution in [2.45, 2.75) is 64.6 Å². The zero-order chi connectivity index (χ0) is 14.1. The summed E-state index contributed by atoms with van der Waals surface area (Å²) >= 11 is 0. The number of likely N-dealkylation sites (tertiary alicyclic amines) is 1. The average molecular weight is 279 g/mol. The Morgan fingerprint density at radius 2 is 1.70 bits per heavy atom. The molecule has 3 fully saturated rings. The number of nitrogens with zero attached hydrogens (tertiary/aromatic N) is 3. The maximum Gasteiger partial charge on any atom is 0.0250 e. The lowest BCUT2D eigenvalue weighted by atomic mass is 9.92. The lowest BCUT2D eigenvalue weighted by Crippen LogP contribution is -2.63. The molecule has 3 nitrogen and oxygen atoms in total. The first-order chi connectivity index (χ1) is 9.69. The quantitative estimate of drug-likeness (QED) is 0.785. The minimum atomic E-state index is 0.783. The van der Waals surface area contributed by atoms with Crippen LogP contribution in [0.1, 0.15) is 46.5 Å². The fourth-order valence-electron chi connectivity index (χ4n) is 4.67. The van der Waals surface area contributed by atoms with Crippen LogP contribution in [0.2, 0.25) is 0 Å². The van der Waals surface area contributed by atoms with Gasteiger partial charge in [-0.15, -0.1) is 0 Å². The van der Waals surface area contributed by atoms with Gasteiger partial charge in [-0.2, -0.15) is 0 Å². The highest BCUT2D eigenvalue weighted by Gasteiger charge is 2.40. The Kier molecular flexibility index (Phi) is 4.68. The number of hydrogen-bond donors (Lipinski definition) is 0. The molecule has 3 heterocycles. The van der Waals surface area contributed by atoms with Gasteiger partial charge in [0.15, 0.2) is 0 Å². The molecule has 0 aliphatic carbocycles. The van der Waals surface area contributed by atoms with Crippen LogP contribution in [0.3, 0.4) is 0 Å². The van der Waals surface area contributed by atoms with E-state index < -0.39 is 0 Å². The van der Waals surface area contributed by atoms with E-state index in [-0.39, 0.29) is 0 Å². The maximum absolute atomic E-state index is 2.92. The molecule has 3 aliphatic heterocycles. The van der Waals surface area contributed by atoms with Crippen molar-refractivity contribution < 1.29 is 0 Å². The Hall–Kier alpha value is -0.120. The van der Waals surface area contributed by atoms with Gasteiger partial charge in [0.05, 0.1) is 0 Å². The number of hydrogen-bond acceptors (Lipinski definition) is 3. The van der Waals surface area contributed by atoms with Gasteiger partial charge in [0.2, 0.25) is 0 Å². The number of piperidine rings is 1. The van der Waals surface area contributed by atoms with Crippen LogP contribution in [0.15, 0.2) is 0 Å². The van der Waals surface area contributed by atoms with Crippen LogP contribution in [-0.2, 0) is 0 Å². The van der Waals surface area contributed by atoms with Crippen molar-refractivity contribution in [3.8, 4) is 0 Å². The van der Waals surface area contributed by atoms with Crippen molar-refractivity contribution >= 4 is 0 Å². The van der Waals surface area contributed by atoms with Crippen LogP contribution in [-0.4, -0.2) is 72.1 Å².